The summed E-state index contributed by atoms with van der Waals surface area (Å²) < 4.78 is 68.8. The molecule has 0 amide bonds. The van der Waals surface area contributed by atoms with Gasteiger partial charge in [0.15, 0.2) is 0 Å². The Balaban J connectivity index is 1.55. The van der Waals surface area contributed by atoms with E-state index in [-0.39, 0.29) is 26.5 Å². The largest absolute Gasteiger partial charge is 0.334 e. The quantitative estimate of drug-likeness (QED) is 0.431. The molecular weight excluding hydrogens is 467 g/mol. The van der Waals surface area contributed by atoms with Crippen LogP contribution in [0.3, 0.4) is 0 Å². The third kappa shape index (κ3) is 4.64. The summed E-state index contributed by atoms with van der Waals surface area (Å²) in [5.41, 5.74) is 0.960. The summed E-state index contributed by atoms with van der Waals surface area (Å²) >= 11 is 0.931. The first-order valence-electron chi connectivity index (χ1n) is 8.46. The van der Waals surface area contributed by atoms with Crippen molar-refractivity contribution in [3.05, 3.63) is 65.8 Å². The lowest BCUT2D eigenvalue weighted by molar-refractivity contribution is 0.432. The van der Waals surface area contributed by atoms with E-state index in [0.29, 0.717) is 11.1 Å². The molecule has 3 N–H and O–H groups in total. The van der Waals surface area contributed by atoms with E-state index in [4.69, 9.17) is 9.66 Å². The number of nitrogens with two attached hydrogens (primary N) is 1. The molecule has 0 saturated heterocycles. The summed E-state index contributed by atoms with van der Waals surface area (Å²) in [6, 6.07) is 12.0. The van der Waals surface area contributed by atoms with E-state index in [0.717, 1.165) is 11.3 Å². The molecule has 0 saturated carbocycles. The Morgan fingerprint density at radius 1 is 1.00 bits per heavy atom. The van der Waals surface area contributed by atoms with E-state index in [9.17, 15) is 21.2 Å². The van der Waals surface area contributed by atoms with E-state index >= 15 is 0 Å². The van der Waals surface area contributed by atoms with Crippen LogP contribution in [0.4, 0.5) is 10.1 Å². The summed E-state index contributed by atoms with van der Waals surface area (Å²) in [5.74, 6) is -0.205. The molecule has 2 aromatic carbocycles. The van der Waals surface area contributed by atoms with Gasteiger partial charge in [-0.05, 0) is 42.5 Å². The monoisotopic (exact) mass is 480 g/mol. The van der Waals surface area contributed by atoms with Crippen LogP contribution in [0.5, 0.6) is 0 Å². The Morgan fingerprint density at radius 3 is 2.42 bits per heavy atom. The maximum Gasteiger partial charge on any atom is 0.271 e. The molecule has 0 spiro atoms. The number of halogens is 1. The van der Waals surface area contributed by atoms with Crippen molar-refractivity contribution in [2.75, 3.05) is 4.72 Å². The molecule has 9 nitrogen and oxygen atoms in total. The molecule has 0 aliphatic heterocycles. The summed E-state index contributed by atoms with van der Waals surface area (Å²) in [5, 5.41) is 10.4. The van der Waals surface area contributed by atoms with Gasteiger partial charge < -0.3 is 4.52 Å². The number of anilines is 1. The number of benzene rings is 2. The minimum Gasteiger partial charge on any atom is -0.334 e. The Hall–Kier alpha value is -3.13. The van der Waals surface area contributed by atoms with Gasteiger partial charge in [0.1, 0.15) is 10.0 Å². The average molecular weight is 481 g/mol. The number of aromatic nitrogens is 2. The predicted octanol–water partition coefficient (Wildman–Crippen LogP) is 3.05. The second-order valence-electron chi connectivity index (χ2n) is 6.26. The molecule has 0 aliphatic rings. The van der Waals surface area contributed by atoms with Gasteiger partial charge >= 0.3 is 0 Å². The van der Waals surface area contributed by atoms with Crippen LogP contribution in [0.25, 0.3) is 22.8 Å². The lowest BCUT2D eigenvalue weighted by Gasteiger charge is -2.06. The highest BCUT2D eigenvalue weighted by Crippen LogP contribution is 2.30. The van der Waals surface area contributed by atoms with Gasteiger partial charge in [-0.15, -0.1) is 11.3 Å². The van der Waals surface area contributed by atoms with E-state index in [1.54, 1.807) is 6.07 Å². The second-order valence-corrected chi connectivity index (χ2v) is 10.6. The Bertz CT molecular complexity index is 1460. The van der Waals surface area contributed by atoms with Crippen LogP contribution in [-0.2, 0) is 20.0 Å². The number of nitrogens with one attached hydrogen (secondary N) is 1. The molecule has 2 heterocycles. The SMILES string of the molecule is NS(=O)(=O)c1ccc(NS(=O)(=O)c2cc(-c3nc(-c4cccc(F)c4)no3)cs2)cc1. The summed E-state index contributed by atoms with van der Waals surface area (Å²) in [6.45, 7) is 0. The fourth-order valence-corrected chi connectivity index (χ4v) is 5.30. The second kappa shape index (κ2) is 7.85. The van der Waals surface area contributed by atoms with E-state index in [1.165, 1.54) is 53.9 Å². The average Bonchev–Trinajstić information content (AvgIpc) is 3.37. The fraction of sp³-hybridized carbons (Fsp3) is 0. The van der Waals surface area contributed by atoms with E-state index < -0.39 is 25.9 Å². The van der Waals surface area contributed by atoms with Gasteiger partial charge in [-0.1, -0.05) is 17.3 Å². The topological polar surface area (TPSA) is 145 Å². The lowest BCUT2D eigenvalue weighted by Crippen LogP contribution is -2.13. The highest BCUT2D eigenvalue weighted by molar-refractivity contribution is 7.94. The van der Waals surface area contributed by atoms with Gasteiger partial charge in [-0.2, -0.15) is 4.98 Å². The summed E-state index contributed by atoms with van der Waals surface area (Å²) in [6.07, 6.45) is 0. The molecular formula is C18H13FN4O5S3. The standard InChI is InChI=1S/C18H13FN4O5S3/c19-13-3-1-2-11(8-13)17-21-18(28-22-17)12-9-16(29-10-12)31(26,27)23-14-4-6-15(7-5-14)30(20,24)25/h1-10,23H,(H2,20,24,25). The first kappa shape index (κ1) is 21.1. The van der Waals surface area contributed by atoms with E-state index in [2.05, 4.69) is 14.9 Å². The van der Waals surface area contributed by atoms with Crippen LogP contribution >= 0.6 is 11.3 Å². The molecule has 2 aromatic heterocycles. The van der Waals surface area contributed by atoms with Gasteiger partial charge in [0.25, 0.3) is 15.9 Å². The maximum atomic E-state index is 13.4. The molecule has 0 radical (unpaired) electrons. The molecule has 31 heavy (non-hydrogen) atoms. The first-order chi connectivity index (χ1) is 14.6. The van der Waals surface area contributed by atoms with Crippen LogP contribution < -0.4 is 9.86 Å². The number of rotatable bonds is 6. The lowest BCUT2D eigenvalue weighted by atomic mass is 10.2. The number of hydrogen-bond donors (Lipinski definition) is 2. The zero-order valence-corrected chi connectivity index (χ0v) is 17.8. The molecule has 160 valence electrons. The first-order valence-corrected chi connectivity index (χ1v) is 12.4. The fourth-order valence-electron chi connectivity index (χ4n) is 2.57. The third-order valence-corrected chi connectivity index (χ3v) is 7.78. The zero-order chi connectivity index (χ0) is 22.2. The van der Waals surface area contributed by atoms with Crippen molar-refractivity contribution in [2.24, 2.45) is 5.14 Å². The number of thiophene rings is 1. The van der Waals surface area contributed by atoms with Crippen LogP contribution in [0.1, 0.15) is 0 Å². The molecule has 0 atom stereocenters. The van der Waals surface area contributed by atoms with Crippen molar-refractivity contribution < 1.29 is 25.7 Å². The minimum absolute atomic E-state index is 0.0245. The Kier molecular flexibility index (Phi) is 5.35. The van der Waals surface area contributed by atoms with Gasteiger partial charge in [0.2, 0.25) is 15.8 Å². The predicted molar refractivity (Wildman–Crippen MR) is 112 cm³/mol. The molecule has 13 heteroatoms. The summed E-state index contributed by atoms with van der Waals surface area (Å²) in [7, 11) is -7.83. The van der Waals surface area contributed by atoms with Crippen LogP contribution in [-0.4, -0.2) is 27.0 Å². The van der Waals surface area contributed by atoms with Crippen molar-refractivity contribution in [3.8, 4) is 22.8 Å². The molecule has 0 unspecified atom stereocenters. The number of sulfonamides is 2. The van der Waals surface area contributed by atoms with Crippen molar-refractivity contribution in [1.82, 2.24) is 10.1 Å². The normalized spacial score (nSPS) is 12.1. The smallest absolute Gasteiger partial charge is 0.271 e. The maximum absolute atomic E-state index is 13.4. The highest BCUT2D eigenvalue weighted by atomic mass is 32.2. The van der Waals surface area contributed by atoms with Gasteiger partial charge in [-0.25, -0.2) is 26.4 Å². The molecule has 4 aromatic rings. The van der Waals surface area contributed by atoms with Crippen molar-refractivity contribution in [1.29, 1.82) is 0 Å². The van der Waals surface area contributed by atoms with Crippen LogP contribution in [0.2, 0.25) is 0 Å². The summed E-state index contributed by atoms with van der Waals surface area (Å²) in [4.78, 5) is 4.04. The minimum atomic E-state index is -3.95. The number of hydrogen-bond acceptors (Lipinski definition) is 8. The Labute approximate surface area is 180 Å². The van der Waals surface area contributed by atoms with Crippen LogP contribution in [0.15, 0.2) is 73.6 Å². The zero-order valence-electron chi connectivity index (χ0n) is 15.4. The van der Waals surface area contributed by atoms with Gasteiger partial charge in [0.05, 0.1) is 10.5 Å². The Morgan fingerprint density at radius 2 is 1.74 bits per heavy atom. The molecule has 4 rings (SSSR count). The van der Waals surface area contributed by atoms with E-state index in [1.807, 2.05) is 0 Å². The third-order valence-electron chi connectivity index (χ3n) is 4.03. The van der Waals surface area contributed by atoms with Gasteiger partial charge in [-0.3, -0.25) is 4.72 Å². The highest BCUT2D eigenvalue weighted by Gasteiger charge is 2.20. The van der Waals surface area contributed by atoms with Crippen molar-refractivity contribution in [2.45, 2.75) is 9.10 Å². The number of primary sulfonamides is 1. The van der Waals surface area contributed by atoms with Crippen LogP contribution in [0, 0.1) is 5.82 Å². The number of nitrogens with zero attached hydrogens (tertiary/aromatic N) is 2. The van der Waals surface area contributed by atoms with Crippen molar-refractivity contribution in [3.63, 3.8) is 0 Å². The molecule has 0 aliphatic carbocycles. The molecule has 0 fully saturated rings. The van der Waals surface area contributed by atoms with Gasteiger partial charge in [0, 0.05) is 16.6 Å². The van der Waals surface area contributed by atoms with Crippen molar-refractivity contribution >= 4 is 37.1 Å². The molecule has 0 bridgehead atoms.